The van der Waals surface area contributed by atoms with Crippen LogP contribution in [0.3, 0.4) is 0 Å². The lowest BCUT2D eigenvalue weighted by atomic mass is 10.1. The van der Waals surface area contributed by atoms with Crippen molar-refractivity contribution in [3.63, 3.8) is 0 Å². The van der Waals surface area contributed by atoms with Gasteiger partial charge in [-0.25, -0.2) is 13.4 Å². The maximum atomic E-state index is 12.5. The van der Waals surface area contributed by atoms with Crippen molar-refractivity contribution < 1.29 is 17.9 Å². The number of anilines is 1. The van der Waals surface area contributed by atoms with Crippen molar-refractivity contribution in [1.82, 2.24) is 10.3 Å². The van der Waals surface area contributed by atoms with E-state index in [-0.39, 0.29) is 16.7 Å². The number of hydrogen-bond donors (Lipinski definition) is 2. The summed E-state index contributed by atoms with van der Waals surface area (Å²) in [6.07, 6.45) is 2.42. The third-order valence-electron chi connectivity index (χ3n) is 4.40. The van der Waals surface area contributed by atoms with Gasteiger partial charge in [-0.3, -0.25) is 9.52 Å². The standard InChI is InChI=1S/C23H25N3O4S/c1-17(2)14-16-24-22(27)21-9-6-15-25-23(21)30-19-12-10-18(11-13-19)26-31(28,29)20-7-4-3-5-8-20/h3-13,15,17,26H,14,16H2,1-2H3,(H,24,27). The zero-order chi connectivity index (χ0) is 22.3. The third kappa shape index (κ3) is 6.29. The van der Waals surface area contributed by atoms with Crippen molar-refractivity contribution in [3.05, 3.63) is 78.5 Å². The Bertz CT molecular complexity index is 1120. The molecule has 0 atom stereocenters. The number of sulfonamides is 1. The molecule has 0 aliphatic carbocycles. The Kier molecular flexibility index (Phi) is 7.25. The SMILES string of the molecule is CC(C)CCNC(=O)c1cccnc1Oc1ccc(NS(=O)(=O)c2ccccc2)cc1. The molecule has 8 heteroatoms. The molecule has 1 amide bonds. The molecule has 0 fully saturated rings. The Morgan fingerprint density at radius 1 is 1.00 bits per heavy atom. The second-order valence-electron chi connectivity index (χ2n) is 7.34. The van der Waals surface area contributed by atoms with Crippen LogP contribution in [0.2, 0.25) is 0 Å². The van der Waals surface area contributed by atoms with E-state index in [1.54, 1.807) is 60.8 Å². The summed E-state index contributed by atoms with van der Waals surface area (Å²) in [5.74, 6) is 0.846. The van der Waals surface area contributed by atoms with Crippen LogP contribution in [0.25, 0.3) is 0 Å². The molecule has 162 valence electrons. The number of hydrogen-bond acceptors (Lipinski definition) is 5. The topological polar surface area (TPSA) is 97.4 Å². The Morgan fingerprint density at radius 2 is 1.71 bits per heavy atom. The lowest BCUT2D eigenvalue weighted by molar-refractivity contribution is 0.0949. The van der Waals surface area contributed by atoms with Gasteiger partial charge in [-0.05, 0) is 60.9 Å². The molecule has 2 N–H and O–H groups in total. The monoisotopic (exact) mass is 439 g/mol. The predicted octanol–water partition coefficient (Wildman–Crippen LogP) is 4.45. The number of carbonyl (C=O) groups excluding carboxylic acids is 1. The highest BCUT2D eigenvalue weighted by Crippen LogP contribution is 2.25. The molecule has 0 saturated carbocycles. The Balaban J connectivity index is 1.68. The van der Waals surface area contributed by atoms with Gasteiger partial charge in [-0.2, -0.15) is 0 Å². The van der Waals surface area contributed by atoms with Gasteiger partial charge in [-0.15, -0.1) is 0 Å². The van der Waals surface area contributed by atoms with Gasteiger partial charge in [0.15, 0.2) is 0 Å². The van der Waals surface area contributed by atoms with Gasteiger partial charge in [0.05, 0.1) is 4.90 Å². The molecule has 1 aromatic heterocycles. The average molecular weight is 440 g/mol. The number of amides is 1. The minimum absolute atomic E-state index is 0.178. The average Bonchev–Trinajstić information content (AvgIpc) is 2.75. The van der Waals surface area contributed by atoms with E-state index in [9.17, 15) is 13.2 Å². The maximum Gasteiger partial charge on any atom is 0.261 e. The molecule has 0 bridgehead atoms. The normalized spacial score (nSPS) is 11.2. The molecule has 31 heavy (non-hydrogen) atoms. The molecule has 0 spiro atoms. The number of rotatable bonds is 9. The van der Waals surface area contributed by atoms with E-state index in [1.807, 2.05) is 0 Å². The first-order chi connectivity index (χ1) is 14.8. The van der Waals surface area contributed by atoms with Crippen LogP contribution in [-0.2, 0) is 10.0 Å². The van der Waals surface area contributed by atoms with Crippen LogP contribution < -0.4 is 14.8 Å². The summed E-state index contributed by atoms with van der Waals surface area (Å²) in [6.45, 7) is 4.75. The minimum Gasteiger partial charge on any atom is -0.438 e. The van der Waals surface area contributed by atoms with Crippen molar-refractivity contribution in [2.75, 3.05) is 11.3 Å². The number of nitrogens with zero attached hydrogens (tertiary/aromatic N) is 1. The zero-order valence-corrected chi connectivity index (χ0v) is 18.2. The molecule has 1 heterocycles. The third-order valence-corrected chi connectivity index (χ3v) is 5.79. The first-order valence-corrected chi connectivity index (χ1v) is 11.4. The van der Waals surface area contributed by atoms with Crippen LogP contribution in [0.4, 0.5) is 5.69 Å². The lowest BCUT2D eigenvalue weighted by Gasteiger charge is -2.12. The molecule has 0 radical (unpaired) electrons. The summed E-state index contributed by atoms with van der Waals surface area (Å²) in [7, 11) is -3.67. The van der Waals surface area contributed by atoms with E-state index >= 15 is 0 Å². The second kappa shape index (κ2) is 10.1. The van der Waals surface area contributed by atoms with E-state index in [1.165, 1.54) is 12.1 Å². The Labute approximate surface area is 182 Å². The summed E-state index contributed by atoms with van der Waals surface area (Å²) in [4.78, 5) is 16.8. The van der Waals surface area contributed by atoms with Crippen molar-refractivity contribution in [2.24, 2.45) is 5.92 Å². The molecular weight excluding hydrogens is 414 g/mol. The van der Waals surface area contributed by atoms with Gasteiger partial charge in [0.2, 0.25) is 5.88 Å². The minimum atomic E-state index is -3.67. The number of ether oxygens (including phenoxy) is 1. The highest BCUT2D eigenvalue weighted by molar-refractivity contribution is 7.92. The van der Waals surface area contributed by atoms with Crippen LogP contribution in [0.15, 0.2) is 77.8 Å². The van der Waals surface area contributed by atoms with Gasteiger partial charge in [0.25, 0.3) is 15.9 Å². The molecule has 0 aliphatic rings. The molecular formula is C23H25N3O4S. The molecule has 7 nitrogen and oxygen atoms in total. The first-order valence-electron chi connectivity index (χ1n) is 9.94. The second-order valence-corrected chi connectivity index (χ2v) is 9.02. The van der Waals surface area contributed by atoms with Crippen molar-refractivity contribution in [1.29, 1.82) is 0 Å². The number of nitrogens with one attached hydrogen (secondary N) is 2. The van der Waals surface area contributed by atoms with Gasteiger partial charge >= 0.3 is 0 Å². The summed E-state index contributed by atoms with van der Waals surface area (Å²) in [6, 6.07) is 17.8. The molecule has 0 aliphatic heterocycles. The molecule has 3 aromatic rings. The number of carbonyl (C=O) groups is 1. The lowest BCUT2D eigenvalue weighted by Crippen LogP contribution is -2.25. The Morgan fingerprint density at radius 3 is 2.39 bits per heavy atom. The fraction of sp³-hybridized carbons (Fsp3) is 0.217. The van der Waals surface area contributed by atoms with Gasteiger partial charge in [0.1, 0.15) is 11.3 Å². The van der Waals surface area contributed by atoms with Gasteiger partial charge < -0.3 is 10.1 Å². The largest absolute Gasteiger partial charge is 0.438 e. The zero-order valence-electron chi connectivity index (χ0n) is 17.4. The highest BCUT2D eigenvalue weighted by Gasteiger charge is 2.15. The summed E-state index contributed by atoms with van der Waals surface area (Å²) < 4.78 is 33.2. The fourth-order valence-corrected chi connectivity index (χ4v) is 3.81. The van der Waals surface area contributed by atoms with Crippen LogP contribution in [0, 0.1) is 5.92 Å². The van der Waals surface area contributed by atoms with E-state index in [4.69, 9.17) is 4.74 Å². The van der Waals surface area contributed by atoms with Crippen molar-refractivity contribution >= 4 is 21.6 Å². The summed E-state index contributed by atoms with van der Waals surface area (Å²) >= 11 is 0. The molecule has 0 unspecified atom stereocenters. The van der Waals surface area contributed by atoms with Crippen molar-refractivity contribution in [2.45, 2.75) is 25.2 Å². The molecule has 0 saturated heterocycles. The summed E-state index contributed by atoms with van der Waals surface area (Å²) in [5.41, 5.74) is 0.726. The smallest absolute Gasteiger partial charge is 0.261 e. The first kappa shape index (κ1) is 22.3. The quantitative estimate of drug-likeness (QED) is 0.513. The fourth-order valence-electron chi connectivity index (χ4n) is 2.73. The van der Waals surface area contributed by atoms with E-state index in [0.717, 1.165) is 6.42 Å². The molecule has 3 rings (SSSR count). The van der Waals surface area contributed by atoms with Crippen LogP contribution in [-0.4, -0.2) is 25.9 Å². The predicted molar refractivity (Wildman–Crippen MR) is 120 cm³/mol. The van der Waals surface area contributed by atoms with E-state index in [2.05, 4.69) is 28.9 Å². The van der Waals surface area contributed by atoms with Crippen LogP contribution in [0.1, 0.15) is 30.6 Å². The number of pyridine rings is 1. The summed E-state index contributed by atoms with van der Waals surface area (Å²) in [5, 5.41) is 2.87. The highest BCUT2D eigenvalue weighted by atomic mass is 32.2. The van der Waals surface area contributed by atoms with E-state index in [0.29, 0.717) is 29.5 Å². The van der Waals surface area contributed by atoms with Gasteiger partial charge in [-0.1, -0.05) is 32.0 Å². The Hall–Kier alpha value is -3.39. The maximum absolute atomic E-state index is 12.5. The van der Waals surface area contributed by atoms with Crippen LogP contribution >= 0.6 is 0 Å². The number of aromatic nitrogens is 1. The number of benzene rings is 2. The van der Waals surface area contributed by atoms with Gasteiger partial charge in [0, 0.05) is 18.4 Å². The molecule has 2 aromatic carbocycles. The van der Waals surface area contributed by atoms with E-state index < -0.39 is 10.0 Å². The van der Waals surface area contributed by atoms with Crippen molar-refractivity contribution in [3.8, 4) is 11.6 Å². The van der Waals surface area contributed by atoms with Crippen LogP contribution in [0.5, 0.6) is 11.6 Å².